The van der Waals surface area contributed by atoms with E-state index in [9.17, 15) is 0 Å². The minimum Gasteiger partial charge on any atom is -0.459 e. The van der Waals surface area contributed by atoms with Gasteiger partial charge in [0.15, 0.2) is 10.0 Å². The lowest BCUT2D eigenvalue weighted by molar-refractivity contribution is 0.553. The molecule has 0 saturated heterocycles. The molecule has 0 amide bonds. The molecule has 21 heavy (non-hydrogen) atoms. The molecule has 0 spiro atoms. The second kappa shape index (κ2) is 5.87. The first-order valence-corrected chi connectivity index (χ1v) is 8.21. The van der Waals surface area contributed by atoms with Crippen molar-refractivity contribution in [1.82, 2.24) is 4.98 Å². The van der Waals surface area contributed by atoms with Crippen molar-refractivity contribution in [2.75, 3.05) is 5.32 Å². The van der Waals surface area contributed by atoms with Crippen LogP contribution in [0.1, 0.15) is 23.1 Å². The van der Waals surface area contributed by atoms with Gasteiger partial charge in [0.25, 0.3) is 0 Å². The van der Waals surface area contributed by atoms with Gasteiger partial charge in [0.05, 0.1) is 11.6 Å². The molecule has 110 valence electrons. The molecule has 2 aromatic heterocycles. The summed E-state index contributed by atoms with van der Waals surface area (Å²) in [6.07, 6.45) is 2.64. The number of halogens is 2. The van der Waals surface area contributed by atoms with Crippen LogP contribution in [0.5, 0.6) is 0 Å². The fourth-order valence-corrected chi connectivity index (χ4v) is 3.50. The number of hydrogen-bond donors (Lipinski definition) is 1. The summed E-state index contributed by atoms with van der Waals surface area (Å²) in [5.74, 6) is 0.985. The predicted octanol–water partition coefficient (Wildman–Crippen LogP) is 5.68. The van der Waals surface area contributed by atoms with Crippen LogP contribution in [-0.2, 0) is 13.0 Å². The summed E-state index contributed by atoms with van der Waals surface area (Å²) in [7, 11) is 0. The highest BCUT2D eigenvalue weighted by Crippen LogP contribution is 2.34. The smallest absolute Gasteiger partial charge is 0.183 e. The van der Waals surface area contributed by atoms with E-state index in [-0.39, 0.29) is 0 Å². The van der Waals surface area contributed by atoms with Crippen LogP contribution in [0.15, 0.2) is 22.7 Å². The summed E-state index contributed by atoms with van der Waals surface area (Å²) in [6.45, 7) is 4.81. The molecule has 0 atom stereocenters. The van der Waals surface area contributed by atoms with E-state index in [1.165, 1.54) is 11.3 Å². The van der Waals surface area contributed by atoms with Gasteiger partial charge in [-0.05, 0) is 24.6 Å². The third-order valence-corrected chi connectivity index (χ3v) is 4.80. The monoisotopic (exact) mass is 340 g/mol. The lowest BCUT2D eigenvalue weighted by atomic mass is 10.1. The number of benzene rings is 1. The minimum atomic E-state index is 0.554. The number of furan rings is 1. The van der Waals surface area contributed by atoms with E-state index < -0.39 is 0 Å². The van der Waals surface area contributed by atoms with E-state index >= 15 is 0 Å². The van der Waals surface area contributed by atoms with E-state index in [2.05, 4.69) is 30.2 Å². The molecule has 0 saturated carbocycles. The van der Waals surface area contributed by atoms with Gasteiger partial charge in [-0.3, -0.25) is 0 Å². The fourth-order valence-electron chi connectivity index (χ4n) is 2.32. The molecule has 3 aromatic rings. The first kappa shape index (κ1) is 14.7. The van der Waals surface area contributed by atoms with Crippen molar-refractivity contribution in [1.29, 1.82) is 0 Å². The third-order valence-electron chi connectivity index (χ3n) is 3.40. The minimum absolute atomic E-state index is 0.554. The third kappa shape index (κ3) is 2.89. The van der Waals surface area contributed by atoms with E-state index in [0.717, 1.165) is 39.3 Å². The molecular formula is C15H14Cl2N2OS. The largest absolute Gasteiger partial charge is 0.459 e. The summed E-state index contributed by atoms with van der Waals surface area (Å²) in [4.78, 5) is 5.11. The van der Waals surface area contributed by atoms with Crippen molar-refractivity contribution in [2.45, 2.75) is 26.8 Å². The maximum absolute atomic E-state index is 6.33. The SMILES string of the molecule is CCc1oc2c(Cl)cc(NCc3cnc(Cl)s3)cc2c1C. The Balaban J connectivity index is 1.90. The molecule has 0 unspecified atom stereocenters. The Bertz CT molecular complexity index is 794. The predicted molar refractivity (Wildman–Crippen MR) is 89.8 cm³/mol. The summed E-state index contributed by atoms with van der Waals surface area (Å²) in [6, 6.07) is 3.96. The van der Waals surface area contributed by atoms with Crippen LogP contribution in [0, 0.1) is 6.92 Å². The van der Waals surface area contributed by atoms with Gasteiger partial charge < -0.3 is 9.73 Å². The Kier molecular flexibility index (Phi) is 4.11. The molecule has 0 aliphatic rings. The van der Waals surface area contributed by atoms with Gasteiger partial charge in [-0.2, -0.15) is 0 Å². The van der Waals surface area contributed by atoms with Crippen LogP contribution < -0.4 is 5.32 Å². The Labute approximate surface area is 136 Å². The maximum atomic E-state index is 6.33. The van der Waals surface area contributed by atoms with Crippen LogP contribution in [0.4, 0.5) is 5.69 Å². The Morgan fingerprint density at radius 1 is 1.33 bits per heavy atom. The van der Waals surface area contributed by atoms with Crippen molar-refractivity contribution in [3.8, 4) is 0 Å². The van der Waals surface area contributed by atoms with Crippen LogP contribution >= 0.6 is 34.5 Å². The van der Waals surface area contributed by atoms with Gasteiger partial charge in [-0.1, -0.05) is 30.1 Å². The molecular weight excluding hydrogens is 327 g/mol. The van der Waals surface area contributed by atoms with Gasteiger partial charge in [-0.25, -0.2) is 4.98 Å². The molecule has 6 heteroatoms. The normalized spacial score (nSPS) is 11.2. The van der Waals surface area contributed by atoms with E-state index in [4.69, 9.17) is 27.6 Å². The molecule has 0 aliphatic carbocycles. The van der Waals surface area contributed by atoms with Gasteiger partial charge in [-0.15, -0.1) is 11.3 Å². The highest BCUT2D eigenvalue weighted by molar-refractivity contribution is 7.15. The maximum Gasteiger partial charge on any atom is 0.183 e. The lowest BCUT2D eigenvalue weighted by Gasteiger charge is -2.05. The number of thiazole rings is 1. The topological polar surface area (TPSA) is 38.1 Å². The lowest BCUT2D eigenvalue weighted by Crippen LogP contribution is -1.97. The quantitative estimate of drug-likeness (QED) is 0.663. The highest BCUT2D eigenvalue weighted by Gasteiger charge is 2.13. The van der Waals surface area contributed by atoms with Gasteiger partial charge in [0.2, 0.25) is 0 Å². The van der Waals surface area contributed by atoms with Crippen molar-refractivity contribution in [3.05, 3.63) is 44.0 Å². The molecule has 0 fully saturated rings. The van der Waals surface area contributed by atoms with Crippen LogP contribution in [0.3, 0.4) is 0 Å². The molecule has 3 nitrogen and oxygen atoms in total. The molecule has 3 rings (SSSR count). The molecule has 1 N–H and O–H groups in total. The van der Waals surface area contributed by atoms with Crippen molar-refractivity contribution in [3.63, 3.8) is 0 Å². The number of aromatic nitrogens is 1. The second-order valence-electron chi connectivity index (χ2n) is 4.77. The van der Waals surface area contributed by atoms with Crippen molar-refractivity contribution >= 4 is 51.2 Å². The first-order valence-electron chi connectivity index (χ1n) is 6.64. The number of hydrogen-bond acceptors (Lipinski definition) is 4. The standard InChI is InChI=1S/C15H14Cl2N2OS/c1-3-13-8(2)11-4-9(5-12(16)14(11)20-13)18-6-10-7-19-15(17)21-10/h4-5,7,18H,3,6H2,1-2H3. The second-order valence-corrected chi connectivity index (χ2v) is 6.88. The molecule has 2 heterocycles. The van der Waals surface area contributed by atoms with Crippen molar-refractivity contribution < 1.29 is 4.42 Å². The average Bonchev–Trinajstić information content (AvgIpc) is 3.01. The molecule has 1 aromatic carbocycles. The molecule has 0 radical (unpaired) electrons. The zero-order valence-corrected chi connectivity index (χ0v) is 14.0. The van der Waals surface area contributed by atoms with E-state index in [1.807, 2.05) is 6.07 Å². The summed E-state index contributed by atoms with van der Waals surface area (Å²) >= 11 is 13.6. The van der Waals surface area contributed by atoms with Crippen LogP contribution in [0.2, 0.25) is 9.49 Å². The number of nitrogens with one attached hydrogen (secondary N) is 1. The van der Waals surface area contributed by atoms with Gasteiger partial charge in [0, 0.05) is 28.6 Å². The number of anilines is 1. The van der Waals surface area contributed by atoms with E-state index in [1.54, 1.807) is 6.20 Å². The Morgan fingerprint density at radius 3 is 2.81 bits per heavy atom. The van der Waals surface area contributed by atoms with Gasteiger partial charge in [0.1, 0.15) is 5.76 Å². The van der Waals surface area contributed by atoms with Crippen molar-refractivity contribution in [2.24, 2.45) is 0 Å². The summed E-state index contributed by atoms with van der Waals surface area (Å²) in [5.41, 5.74) is 2.87. The highest BCUT2D eigenvalue weighted by atomic mass is 35.5. The Hall–Kier alpha value is -1.23. The summed E-state index contributed by atoms with van der Waals surface area (Å²) in [5, 5.41) is 5.03. The molecule has 0 aliphatic heterocycles. The fraction of sp³-hybridized carbons (Fsp3) is 0.267. The van der Waals surface area contributed by atoms with Gasteiger partial charge >= 0.3 is 0 Å². The number of fused-ring (bicyclic) bond motifs is 1. The van der Waals surface area contributed by atoms with Crippen LogP contribution in [0.25, 0.3) is 11.0 Å². The van der Waals surface area contributed by atoms with E-state index in [0.29, 0.717) is 16.0 Å². The number of nitrogens with zero attached hydrogens (tertiary/aromatic N) is 1. The van der Waals surface area contributed by atoms with Crippen LogP contribution in [-0.4, -0.2) is 4.98 Å². The zero-order valence-electron chi connectivity index (χ0n) is 11.7. The zero-order chi connectivity index (χ0) is 15.0. The first-order chi connectivity index (χ1) is 10.1. The average molecular weight is 341 g/mol. The number of rotatable bonds is 4. The molecule has 0 bridgehead atoms. The number of aryl methyl sites for hydroxylation is 2. The summed E-state index contributed by atoms with van der Waals surface area (Å²) < 4.78 is 6.37. The Morgan fingerprint density at radius 2 is 2.14 bits per heavy atom.